The Morgan fingerprint density at radius 1 is 1.24 bits per heavy atom. The molecule has 25 heavy (non-hydrogen) atoms. The van der Waals surface area contributed by atoms with Gasteiger partial charge in [0.2, 0.25) is 5.91 Å². The minimum absolute atomic E-state index is 0.128. The van der Waals surface area contributed by atoms with Crippen LogP contribution in [-0.2, 0) is 24.2 Å². The average molecular weight is 341 g/mol. The number of hydrogen-bond donors (Lipinski definition) is 1. The fourth-order valence-electron chi connectivity index (χ4n) is 2.85. The minimum atomic E-state index is -0.315. The molecule has 0 unspecified atom stereocenters. The predicted octanol–water partition coefficient (Wildman–Crippen LogP) is 2.09. The molecule has 3 rings (SSSR count). The average Bonchev–Trinajstić information content (AvgIpc) is 2.61. The molecule has 1 N–H and O–H groups in total. The lowest BCUT2D eigenvalue weighted by atomic mass is 9.97. The van der Waals surface area contributed by atoms with E-state index in [1.165, 1.54) is 22.9 Å². The molecule has 1 aromatic carbocycles. The molecule has 1 amide bonds. The maximum Gasteiger partial charge on any atom is 0.267 e. The smallest absolute Gasteiger partial charge is 0.267 e. The molecule has 0 saturated carbocycles. The molecule has 0 aliphatic heterocycles. The zero-order valence-electron chi connectivity index (χ0n) is 13.9. The van der Waals surface area contributed by atoms with E-state index in [1.807, 2.05) is 0 Å². The standard InChI is InChI=1S/C19H20FN3O2/c20-16-8-5-14(6-9-16)7-10-18(24)21-11-12-23-19(25)13-15-3-1-2-4-17(15)22-23/h5-10,13H,1-4,11-12H2,(H,21,24)/b10-7+. The zero-order valence-corrected chi connectivity index (χ0v) is 13.9. The Morgan fingerprint density at radius 2 is 2.00 bits per heavy atom. The number of hydrogen-bond acceptors (Lipinski definition) is 3. The van der Waals surface area contributed by atoms with Gasteiger partial charge in [0.25, 0.3) is 5.56 Å². The Bertz CT molecular complexity index is 841. The lowest BCUT2D eigenvalue weighted by Gasteiger charge is -2.15. The fourth-order valence-corrected chi connectivity index (χ4v) is 2.85. The summed E-state index contributed by atoms with van der Waals surface area (Å²) >= 11 is 0. The van der Waals surface area contributed by atoms with Gasteiger partial charge in [0.05, 0.1) is 12.2 Å². The van der Waals surface area contributed by atoms with E-state index in [2.05, 4.69) is 10.4 Å². The van der Waals surface area contributed by atoms with Gasteiger partial charge in [-0.05, 0) is 55.0 Å². The Morgan fingerprint density at radius 3 is 2.80 bits per heavy atom. The molecule has 0 saturated heterocycles. The molecule has 5 nitrogen and oxygen atoms in total. The molecule has 0 spiro atoms. The van der Waals surface area contributed by atoms with Crippen molar-refractivity contribution in [1.82, 2.24) is 15.1 Å². The first kappa shape index (κ1) is 17.1. The van der Waals surface area contributed by atoms with Gasteiger partial charge < -0.3 is 5.32 Å². The fraction of sp³-hybridized carbons (Fsp3) is 0.316. The van der Waals surface area contributed by atoms with E-state index in [0.29, 0.717) is 13.1 Å². The summed E-state index contributed by atoms with van der Waals surface area (Å²) in [5, 5.41) is 7.13. The van der Waals surface area contributed by atoms with Crippen LogP contribution >= 0.6 is 0 Å². The molecule has 0 fully saturated rings. The second-order valence-corrected chi connectivity index (χ2v) is 6.06. The lowest BCUT2D eigenvalue weighted by molar-refractivity contribution is -0.116. The van der Waals surface area contributed by atoms with Crippen LogP contribution in [-0.4, -0.2) is 22.2 Å². The van der Waals surface area contributed by atoms with E-state index < -0.39 is 0 Å². The number of aromatic nitrogens is 2. The number of carbonyl (C=O) groups is 1. The number of halogens is 1. The summed E-state index contributed by atoms with van der Waals surface area (Å²) in [6.07, 6.45) is 7.03. The highest BCUT2D eigenvalue weighted by molar-refractivity contribution is 5.91. The molecule has 1 aromatic heterocycles. The van der Waals surface area contributed by atoms with Gasteiger partial charge in [-0.1, -0.05) is 12.1 Å². The molecule has 6 heteroatoms. The van der Waals surface area contributed by atoms with E-state index in [1.54, 1.807) is 24.3 Å². The molecular formula is C19H20FN3O2. The number of nitrogens with one attached hydrogen (secondary N) is 1. The second kappa shape index (κ2) is 7.88. The van der Waals surface area contributed by atoms with Crippen molar-refractivity contribution in [3.8, 4) is 0 Å². The third-order valence-electron chi connectivity index (χ3n) is 4.19. The number of amides is 1. The number of aryl methyl sites for hydroxylation is 2. The van der Waals surface area contributed by atoms with E-state index in [-0.39, 0.29) is 17.3 Å². The predicted molar refractivity (Wildman–Crippen MR) is 93.6 cm³/mol. The highest BCUT2D eigenvalue weighted by Gasteiger charge is 2.13. The van der Waals surface area contributed by atoms with Crippen molar-refractivity contribution in [2.75, 3.05) is 6.54 Å². The van der Waals surface area contributed by atoms with Gasteiger partial charge >= 0.3 is 0 Å². The van der Waals surface area contributed by atoms with Crippen molar-refractivity contribution >= 4 is 12.0 Å². The number of carbonyl (C=O) groups excluding carboxylic acids is 1. The lowest BCUT2D eigenvalue weighted by Crippen LogP contribution is -2.32. The van der Waals surface area contributed by atoms with Gasteiger partial charge in [-0.25, -0.2) is 9.07 Å². The van der Waals surface area contributed by atoms with Crippen LogP contribution < -0.4 is 10.9 Å². The Hall–Kier alpha value is -2.76. The van der Waals surface area contributed by atoms with Crippen LogP contribution in [0.2, 0.25) is 0 Å². The van der Waals surface area contributed by atoms with Crippen molar-refractivity contribution < 1.29 is 9.18 Å². The molecule has 0 bridgehead atoms. The van der Waals surface area contributed by atoms with Gasteiger partial charge in [0.15, 0.2) is 0 Å². The van der Waals surface area contributed by atoms with E-state index in [9.17, 15) is 14.0 Å². The first-order valence-electron chi connectivity index (χ1n) is 8.43. The molecule has 1 aliphatic carbocycles. The summed E-state index contributed by atoms with van der Waals surface area (Å²) in [6.45, 7) is 0.653. The number of fused-ring (bicyclic) bond motifs is 1. The number of rotatable bonds is 5. The van der Waals surface area contributed by atoms with Crippen molar-refractivity contribution in [2.24, 2.45) is 0 Å². The first-order chi connectivity index (χ1) is 12.1. The van der Waals surface area contributed by atoms with Crippen LogP contribution in [0.4, 0.5) is 4.39 Å². The topological polar surface area (TPSA) is 64.0 Å². The normalized spacial score (nSPS) is 13.6. The van der Waals surface area contributed by atoms with Crippen LogP contribution in [0.25, 0.3) is 6.08 Å². The summed E-state index contributed by atoms with van der Waals surface area (Å²) in [7, 11) is 0. The molecule has 1 heterocycles. The molecule has 130 valence electrons. The van der Waals surface area contributed by atoms with Gasteiger partial charge in [-0.2, -0.15) is 5.10 Å². The monoisotopic (exact) mass is 341 g/mol. The Balaban J connectivity index is 1.53. The van der Waals surface area contributed by atoms with Crippen LogP contribution in [0.5, 0.6) is 0 Å². The molecule has 0 atom stereocenters. The highest BCUT2D eigenvalue weighted by Crippen LogP contribution is 2.16. The summed E-state index contributed by atoms with van der Waals surface area (Å²) in [5.74, 6) is -0.583. The number of nitrogens with zero attached hydrogens (tertiary/aromatic N) is 2. The van der Waals surface area contributed by atoms with Crippen molar-refractivity contribution in [3.63, 3.8) is 0 Å². The van der Waals surface area contributed by atoms with E-state index in [0.717, 1.165) is 42.5 Å². The van der Waals surface area contributed by atoms with Crippen LogP contribution in [0.15, 0.2) is 41.2 Å². The third kappa shape index (κ3) is 4.62. The largest absolute Gasteiger partial charge is 0.351 e. The van der Waals surface area contributed by atoms with Crippen molar-refractivity contribution in [3.05, 3.63) is 69.4 Å². The van der Waals surface area contributed by atoms with Crippen molar-refractivity contribution in [1.29, 1.82) is 0 Å². The van der Waals surface area contributed by atoms with Crippen LogP contribution in [0.1, 0.15) is 29.7 Å². The highest BCUT2D eigenvalue weighted by atomic mass is 19.1. The van der Waals surface area contributed by atoms with Gasteiger partial charge in [0, 0.05) is 18.7 Å². The summed E-state index contributed by atoms with van der Waals surface area (Å²) in [5.41, 5.74) is 2.66. The third-order valence-corrected chi connectivity index (χ3v) is 4.19. The Labute approximate surface area is 145 Å². The molecule has 2 aromatic rings. The van der Waals surface area contributed by atoms with Gasteiger partial charge in [0.1, 0.15) is 5.82 Å². The van der Waals surface area contributed by atoms with Crippen LogP contribution in [0, 0.1) is 5.82 Å². The summed E-state index contributed by atoms with van der Waals surface area (Å²) in [4.78, 5) is 23.9. The minimum Gasteiger partial charge on any atom is -0.351 e. The maximum atomic E-state index is 12.8. The van der Waals surface area contributed by atoms with Gasteiger partial charge in [-0.3, -0.25) is 9.59 Å². The SMILES string of the molecule is O=C(/C=C/c1ccc(F)cc1)NCCn1nc2c(cc1=O)CCCC2. The molecule has 0 radical (unpaired) electrons. The van der Waals surface area contributed by atoms with Gasteiger partial charge in [-0.15, -0.1) is 0 Å². The van der Waals surface area contributed by atoms with Crippen molar-refractivity contribution in [2.45, 2.75) is 32.2 Å². The quantitative estimate of drug-likeness (QED) is 0.847. The zero-order chi connectivity index (χ0) is 17.6. The van der Waals surface area contributed by atoms with Crippen LogP contribution in [0.3, 0.4) is 0 Å². The second-order valence-electron chi connectivity index (χ2n) is 6.06. The molecule has 1 aliphatic rings. The Kier molecular flexibility index (Phi) is 5.38. The summed E-state index contributed by atoms with van der Waals surface area (Å²) in [6, 6.07) is 7.53. The van der Waals surface area contributed by atoms with E-state index in [4.69, 9.17) is 0 Å². The maximum absolute atomic E-state index is 12.8. The van der Waals surface area contributed by atoms with E-state index >= 15 is 0 Å². The number of benzene rings is 1. The molecular weight excluding hydrogens is 321 g/mol. The summed E-state index contributed by atoms with van der Waals surface area (Å²) < 4.78 is 14.2. The first-order valence-corrected chi connectivity index (χ1v) is 8.43.